The van der Waals surface area contributed by atoms with E-state index in [4.69, 9.17) is 16.3 Å². The number of amides is 1. The lowest BCUT2D eigenvalue weighted by Crippen LogP contribution is -2.50. The van der Waals surface area contributed by atoms with Crippen molar-refractivity contribution in [3.63, 3.8) is 0 Å². The first kappa shape index (κ1) is 24.4. The van der Waals surface area contributed by atoms with Gasteiger partial charge in [-0.3, -0.25) is 9.10 Å². The van der Waals surface area contributed by atoms with Gasteiger partial charge in [-0.05, 0) is 68.7 Å². The third-order valence-electron chi connectivity index (χ3n) is 5.46. The summed E-state index contributed by atoms with van der Waals surface area (Å²) in [5.74, 6) is 0.175. The van der Waals surface area contributed by atoms with Gasteiger partial charge in [0.15, 0.2) is 0 Å². The molecule has 1 atom stereocenters. The summed E-state index contributed by atoms with van der Waals surface area (Å²) in [6.45, 7) is 5.49. The van der Waals surface area contributed by atoms with E-state index < -0.39 is 10.2 Å². The molecule has 1 fully saturated rings. The summed E-state index contributed by atoms with van der Waals surface area (Å²) < 4.78 is 35.0. The third kappa shape index (κ3) is 5.94. The zero-order chi connectivity index (χ0) is 23.1. The summed E-state index contributed by atoms with van der Waals surface area (Å²) in [6, 6.07) is 14.3. The second kappa shape index (κ2) is 11.0. The lowest BCUT2D eigenvalue weighted by Gasteiger charge is -2.35. The molecule has 1 N–H and O–H groups in total. The fraction of sp³-hybridized carbons (Fsp3) is 0.435. The predicted molar refractivity (Wildman–Crippen MR) is 127 cm³/mol. The minimum absolute atomic E-state index is 0.135. The first-order valence-corrected chi connectivity index (χ1v) is 12.7. The van der Waals surface area contributed by atoms with Crippen molar-refractivity contribution in [3.05, 3.63) is 59.1 Å². The Balaban J connectivity index is 1.66. The van der Waals surface area contributed by atoms with Crippen molar-refractivity contribution in [2.75, 3.05) is 30.5 Å². The molecule has 0 unspecified atom stereocenters. The molecule has 174 valence electrons. The number of carbonyl (C=O) groups is 1. The molecule has 0 aliphatic carbocycles. The van der Waals surface area contributed by atoms with Crippen molar-refractivity contribution in [1.29, 1.82) is 0 Å². The van der Waals surface area contributed by atoms with Gasteiger partial charge in [-0.15, -0.1) is 0 Å². The highest BCUT2D eigenvalue weighted by molar-refractivity contribution is 7.90. The number of ether oxygens (including phenoxy) is 1. The van der Waals surface area contributed by atoms with Crippen molar-refractivity contribution in [1.82, 2.24) is 9.62 Å². The highest BCUT2D eigenvalue weighted by Crippen LogP contribution is 2.27. The minimum Gasteiger partial charge on any atom is -0.494 e. The Hall–Kier alpha value is -2.29. The van der Waals surface area contributed by atoms with Gasteiger partial charge in [0.25, 0.3) is 0 Å². The second-order valence-electron chi connectivity index (χ2n) is 7.64. The summed E-state index contributed by atoms with van der Waals surface area (Å²) in [5, 5.41) is 3.56. The van der Waals surface area contributed by atoms with Crippen molar-refractivity contribution in [2.45, 2.75) is 33.2 Å². The Morgan fingerprint density at radius 2 is 1.84 bits per heavy atom. The molecule has 7 nitrogen and oxygen atoms in total. The van der Waals surface area contributed by atoms with Gasteiger partial charge in [0, 0.05) is 31.2 Å². The predicted octanol–water partition coefficient (Wildman–Crippen LogP) is 3.84. The van der Waals surface area contributed by atoms with Crippen LogP contribution in [-0.4, -0.2) is 44.9 Å². The van der Waals surface area contributed by atoms with Crippen LogP contribution in [0.1, 0.15) is 32.3 Å². The molecule has 2 aromatic carbocycles. The van der Waals surface area contributed by atoms with E-state index >= 15 is 0 Å². The number of nitrogens with one attached hydrogen (secondary N) is 1. The average molecular weight is 480 g/mol. The van der Waals surface area contributed by atoms with E-state index in [1.54, 1.807) is 43.3 Å². The first-order chi connectivity index (χ1) is 15.3. The van der Waals surface area contributed by atoms with E-state index in [1.807, 2.05) is 19.1 Å². The van der Waals surface area contributed by atoms with Crippen LogP contribution in [-0.2, 0) is 21.5 Å². The maximum Gasteiger partial charge on any atom is 0.304 e. The Labute approximate surface area is 195 Å². The Morgan fingerprint density at radius 1 is 1.16 bits per heavy atom. The van der Waals surface area contributed by atoms with Gasteiger partial charge in [0.05, 0.1) is 18.2 Å². The molecule has 0 aromatic heterocycles. The number of hydrogen-bond acceptors (Lipinski definition) is 4. The van der Waals surface area contributed by atoms with Gasteiger partial charge < -0.3 is 10.1 Å². The first-order valence-electron chi connectivity index (χ1n) is 10.9. The number of halogens is 1. The molecule has 1 amide bonds. The van der Waals surface area contributed by atoms with Gasteiger partial charge in [0.1, 0.15) is 5.75 Å². The van der Waals surface area contributed by atoms with Gasteiger partial charge in [-0.2, -0.15) is 12.7 Å². The zero-order valence-corrected chi connectivity index (χ0v) is 20.0. The molecule has 32 heavy (non-hydrogen) atoms. The fourth-order valence-corrected chi connectivity index (χ4v) is 5.64. The summed E-state index contributed by atoms with van der Waals surface area (Å²) in [7, 11) is -3.76. The Bertz CT molecular complexity index is 997. The van der Waals surface area contributed by atoms with E-state index in [9.17, 15) is 13.2 Å². The van der Waals surface area contributed by atoms with E-state index in [0.717, 1.165) is 5.56 Å². The van der Waals surface area contributed by atoms with E-state index in [2.05, 4.69) is 5.32 Å². The largest absolute Gasteiger partial charge is 0.494 e. The molecule has 9 heteroatoms. The molecule has 2 aromatic rings. The molecular formula is C23H30ClN3O4S. The molecule has 0 spiro atoms. The van der Waals surface area contributed by atoms with Crippen LogP contribution in [0.5, 0.6) is 5.75 Å². The standard InChI is InChI=1S/C23H30ClN3O4S/c1-3-27(21-11-13-22(14-12-21)31-4-2)32(29,30)26-15-5-6-19(17-26)23(28)25-16-18-7-9-20(24)10-8-18/h7-14,19H,3-6,15-17H2,1-2H3,(H,25,28)/t19-/m0/s1. The highest BCUT2D eigenvalue weighted by atomic mass is 35.5. The molecule has 1 aliphatic heterocycles. The van der Waals surface area contributed by atoms with Gasteiger partial charge >= 0.3 is 10.2 Å². The average Bonchev–Trinajstić information content (AvgIpc) is 2.80. The summed E-state index contributed by atoms with van der Waals surface area (Å²) in [5.41, 5.74) is 1.51. The van der Waals surface area contributed by atoms with Gasteiger partial charge in [-0.1, -0.05) is 23.7 Å². The third-order valence-corrected chi connectivity index (χ3v) is 7.72. The zero-order valence-electron chi connectivity index (χ0n) is 18.5. The minimum atomic E-state index is -3.76. The van der Waals surface area contributed by atoms with Crippen molar-refractivity contribution < 1.29 is 17.9 Å². The summed E-state index contributed by atoms with van der Waals surface area (Å²) in [4.78, 5) is 12.7. The SMILES string of the molecule is CCOc1ccc(N(CC)S(=O)(=O)N2CCC[C@H](C(=O)NCc3ccc(Cl)cc3)C2)cc1. The molecular weight excluding hydrogens is 450 g/mol. The Morgan fingerprint density at radius 3 is 2.47 bits per heavy atom. The topological polar surface area (TPSA) is 79.0 Å². The van der Waals surface area contributed by atoms with Crippen LogP contribution in [0.4, 0.5) is 5.69 Å². The monoisotopic (exact) mass is 479 g/mol. The van der Waals surface area contributed by atoms with Crippen LogP contribution in [0.3, 0.4) is 0 Å². The van der Waals surface area contributed by atoms with Crippen LogP contribution in [0.25, 0.3) is 0 Å². The van der Waals surface area contributed by atoms with E-state index in [0.29, 0.717) is 55.5 Å². The van der Waals surface area contributed by atoms with Crippen LogP contribution in [0.15, 0.2) is 48.5 Å². The highest BCUT2D eigenvalue weighted by Gasteiger charge is 2.35. The van der Waals surface area contributed by atoms with Gasteiger partial charge in [-0.25, -0.2) is 0 Å². The normalized spacial score (nSPS) is 17.0. The molecule has 3 rings (SSSR count). The summed E-state index contributed by atoms with van der Waals surface area (Å²) in [6.07, 6.45) is 1.30. The molecule has 0 bridgehead atoms. The van der Waals surface area contributed by atoms with Crippen molar-refractivity contribution >= 4 is 33.4 Å². The number of benzene rings is 2. The quantitative estimate of drug-likeness (QED) is 0.592. The molecule has 1 saturated heterocycles. The lowest BCUT2D eigenvalue weighted by molar-refractivity contribution is -0.126. The lowest BCUT2D eigenvalue weighted by atomic mass is 9.99. The van der Waals surface area contributed by atoms with Gasteiger partial charge in [0.2, 0.25) is 5.91 Å². The summed E-state index contributed by atoms with van der Waals surface area (Å²) >= 11 is 5.90. The molecule has 1 heterocycles. The smallest absolute Gasteiger partial charge is 0.304 e. The number of carbonyl (C=O) groups excluding carboxylic acids is 1. The number of rotatable bonds is 9. The van der Waals surface area contributed by atoms with Crippen LogP contribution in [0, 0.1) is 5.92 Å². The molecule has 0 saturated carbocycles. The molecule has 0 radical (unpaired) electrons. The van der Waals surface area contributed by atoms with E-state index in [-0.39, 0.29) is 18.4 Å². The van der Waals surface area contributed by atoms with Crippen molar-refractivity contribution in [2.24, 2.45) is 5.92 Å². The number of anilines is 1. The van der Waals surface area contributed by atoms with Crippen LogP contribution < -0.4 is 14.4 Å². The second-order valence-corrected chi connectivity index (χ2v) is 9.93. The van der Waals surface area contributed by atoms with Crippen LogP contribution in [0.2, 0.25) is 5.02 Å². The van der Waals surface area contributed by atoms with Crippen molar-refractivity contribution in [3.8, 4) is 5.75 Å². The maximum atomic E-state index is 13.4. The number of hydrogen-bond donors (Lipinski definition) is 1. The number of piperidine rings is 1. The van der Waals surface area contributed by atoms with E-state index in [1.165, 1.54) is 8.61 Å². The maximum absolute atomic E-state index is 13.4. The number of nitrogens with zero attached hydrogens (tertiary/aromatic N) is 2. The Kier molecular flexibility index (Phi) is 8.39. The fourth-order valence-electron chi connectivity index (χ4n) is 3.80. The molecule has 1 aliphatic rings. The van der Waals surface area contributed by atoms with Crippen LogP contribution >= 0.6 is 11.6 Å².